The highest BCUT2D eigenvalue weighted by atomic mass is 19.1. The summed E-state index contributed by atoms with van der Waals surface area (Å²) in [5.41, 5.74) is 1.61. The van der Waals surface area contributed by atoms with Crippen LogP contribution in [0.15, 0.2) is 48.5 Å². The number of nitrogens with zero attached hydrogens (tertiary/aromatic N) is 3. The monoisotopic (exact) mass is 367 g/mol. The van der Waals surface area contributed by atoms with Crippen molar-refractivity contribution in [3.05, 3.63) is 77.2 Å². The van der Waals surface area contributed by atoms with Crippen molar-refractivity contribution in [2.24, 2.45) is 0 Å². The Kier molecular flexibility index (Phi) is 4.25. The Morgan fingerprint density at radius 2 is 1.74 bits per heavy atom. The van der Waals surface area contributed by atoms with Crippen molar-refractivity contribution < 1.29 is 13.9 Å². The molecule has 1 unspecified atom stereocenters. The number of halogens is 2. The fraction of sp³-hybridized carbons (Fsp3) is 0.105. The molecule has 0 saturated heterocycles. The van der Waals surface area contributed by atoms with Crippen LogP contribution in [0.3, 0.4) is 0 Å². The predicted molar refractivity (Wildman–Crippen MR) is 96.6 cm³/mol. The van der Waals surface area contributed by atoms with Crippen molar-refractivity contribution in [2.75, 3.05) is 5.32 Å². The molecule has 0 radical (unpaired) electrons. The third kappa shape index (κ3) is 3.47. The Morgan fingerprint density at radius 3 is 2.44 bits per heavy atom. The van der Waals surface area contributed by atoms with Crippen LogP contribution in [0.4, 0.5) is 20.4 Å². The van der Waals surface area contributed by atoms with Crippen molar-refractivity contribution in [2.45, 2.75) is 13.0 Å². The largest absolute Gasteiger partial charge is 0.380 e. The Morgan fingerprint density at radius 1 is 1.00 bits per heavy atom. The number of aryl methyl sites for hydroxylation is 1. The SMILES string of the molecule is Cc1cc(Nc2nc(C(O)c3ccc(F)cc3)nc3cc(F)ccc23)n[nH]1. The van der Waals surface area contributed by atoms with Crippen molar-refractivity contribution in [3.63, 3.8) is 0 Å². The summed E-state index contributed by atoms with van der Waals surface area (Å²) in [6.45, 7) is 1.86. The van der Waals surface area contributed by atoms with E-state index >= 15 is 0 Å². The number of hydrogen-bond donors (Lipinski definition) is 3. The molecule has 1 atom stereocenters. The number of aromatic nitrogens is 4. The number of aliphatic hydroxyl groups excluding tert-OH is 1. The highest BCUT2D eigenvalue weighted by Gasteiger charge is 2.18. The van der Waals surface area contributed by atoms with Crippen molar-refractivity contribution in [1.29, 1.82) is 0 Å². The van der Waals surface area contributed by atoms with Crippen molar-refractivity contribution in [3.8, 4) is 0 Å². The minimum atomic E-state index is -1.19. The molecule has 0 bridgehead atoms. The fourth-order valence-electron chi connectivity index (χ4n) is 2.74. The van der Waals surface area contributed by atoms with E-state index in [-0.39, 0.29) is 5.82 Å². The molecule has 4 rings (SSSR count). The van der Waals surface area contributed by atoms with Gasteiger partial charge in [0.2, 0.25) is 0 Å². The Bertz CT molecular complexity index is 1110. The first-order valence-corrected chi connectivity index (χ1v) is 8.19. The lowest BCUT2D eigenvalue weighted by Gasteiger charge is -2.14. The Balaban J connectivity index is 1.81. The fourth-order valence-corrected chi connectivity index (χ4v) is 2.74. The topological polar surface area (TPSA) is 86.7 Å². The second kappa shape index (κ2) is 6.73. The second-order valence-corrected chi connectivity index (χ2v) is 6.11. The smallest absolute Gasteiger partial charge is 0.164 e. The third-order valence-electron chi connectivity index (χ3n) is 4.06. The van der Waals surface area contributed by atoms with Crippen LogP contribution in [-0.4, -0.2) is 25.3 Å². The zero-order chi connectivity index (χ0) is 19.0. The van der Waals surface area contributed by atoms with Crippen LogP contribution in [0.5, 0.6) is 0 Å². The van der Waals surface area contributed by atoms with Crippen LogP contribution in [0.25, 0.3) is 10.9 Å². The quantitative estimate of drug-likeness (QED) is 0.511. The number of aromatic amines is 1. The normalized spacial score (nSPS) is 12.3. The predicted octanol–water partition coefficient (Wildman–Crippen LogP) is 3.76. The molecule has 2 aromatic carbocycles. The molecule has 0 amide bonds. The first kappa shape index (κ1) is 17.0. The first-order chi connectivity index (χ1) is 13.0. The molecule has 0 aliphatic rings. The summed E-state index contributed by atoms with van der Waals surface area (Å²) >= 11 is 0. The molecule has 3 N–H and O–H groups in total. The van der Waals surface area contributed by atoms with Crippen LogP contribution >= 0.6 is 0 Å². The van der Waals surface area contributed by atoms with Gasteiger partial charge < -0.3 is 10.4 Å². The first-order valence-electron chi connectivity index (χ1n) is 8.19. The van der Waals surface area contributed by atoms with Crippen LogP contribution in [0.2, 0.25) is 0 Å². The average molecular weight is 367 g/mol. The summed E-state index contributed by atoms with van der Waals surface area (Å²) in [7, 11) is 0. The van der Waals surface area contributed by atoms with E-state index in [0.717, 1.165) is 5.69 Å². The van der Waals surface area contributed by atoms with Gasteiger partial charge in [-0.05, 0) is 36.8 Å². The number of aliphatic hydroxyl groups is 1. The van der Waals surface area contributed by atoms with Gasteiger partial charge in [-0.1, -0.05) is 12.1 Å². The summed E-state index contributed by atoms with van der Waals surface area (Å²) in [5.74, 6) is 0.102. The van der Waals surface area contributed by atoms with Gasteiger partial charge in [-0.15, -0.1) is 0 Å². The van der Waals surface area contributed by atoms with E-state index in [4.69, 9.17) is 0 Å². The molecule has 0 fully saturated rings. The third-order valence-corrected chi connectivity index (χ3v) is 4.06. The molecule has 0 aliphatic carbocycles. The number of anilines is 2. The summed E-state index contributed by atoms with van der Waals surface area (Å²) in [6.07, 6.45) is -1.19. The number of benzene rings is 2. The summed E-state index contributed by atoms with van der Waals surface area (Å²) in [6, 6.07) is 11.3. The van der Waals surface area contributed by atoms with E-state index in [1.807, 2.05) is 6.92 Å². The van der Waals surface area contributed by atoms with E-state index in [1.54, 1.807) is 12.1 Å². The van der Waals surface area contributed by atoms with E-state index in [9.17, 15) is 13.9 Å². The summed E-state index contributed by atoms with van der Waals surface area (Å²) in [4.78, 5) is 8.67. The summed E-state index contributed by atoms with van der Waals surface area (Å²) in [5, 5.41) is 21.2. The van der Waals surface area contributed by atoms with Crippen LogP contribution in [-0.2, 0) is 0 Å². The lowest BCUT2D eigenvalue weighted by molar-refractivity contribution is 0.210. The van der Waals surface area contributed by atoms with Crippen LogP contribution < -0.4 is 5.32 Å². The zero-order valence-electron chi connectivity index (χ0n) is 14.2. The number of nitrogens with one attached hydrogen (secondary N) is 2. The average Bonchev–Trinajstić information content (AvgIpc) is 3.06. The Labute approximate surface area is 152 Å². The molecule has 0 aliphatic heterocycles. The maximum atomic E-state index is 13.7. The second-order valence-electron chi connectivity index (χ2n) is 6.11. The molecule has 27 heavy (non-hydrogen) atoms. The van der Waals surface area contributed by atoms with Crippen LogP contribution in [0, 0.1) is 18.6 Å². The summed E-state index contributed by atoms with van der Waals surface area (Å²) < 4.78 is 26.8. The molecule has 4 aromatic rings. The minimum absolute atomic E-state index is 0.0643. The zero-order valence-corrected chi connectivity index (χ0v) is 14.2. The van der Waals surface area contributed by atoms with E-state index in [1.165, 1.54) is 36.4 Å². The van der Waals surface area contributed by atoms with Gasteiger partial charge in [-0.25, -0.2) is 18.7 Å². The molecule has 6 nitrogen and oxygen atoms in total. The van der Waals surface area contributed by atoms with Gasteiger partial charge in [0.05, 0.1) is 5.52 Å². The number of H-pyrrole nitrogens is 1. The van der Waals surface area contributed by atoms with Gasteiger partial charge in [0.15, 0.2) is 11.6 Å². The molecule has 2 aromatic heterocycles. The molecular formula is C19H15F2N5O. The van der Waals surface area contributed by atoms with Gasteiger partial charge in [0.25, 0.3) is 0 Å². The Hall–Kier alpha value is -3.39. The van der Waals surface area contributed by atoms with Gasteiger partial charge in [0, 0.05) is 23.2 Å². The molecule has 8 heteroatoms. The van der Waals surface area contributed by atoms with Crippen molar-refractivity contribution in [1.82, 2.24) is 20.2 Å². The lowest BCUT2D eigenvalue weighted by Crippen LogP contribution is -2.08. The maximum Gasteiger partial charge on any atom is 0.164 e. The van der Waals surface area contributed by atoms with Gasteiger partial charge >= 0.3 is 0 Å². The standard InChI is InChI=1S/C19H15F2N5O/c1-10-8-16(26-25-10)23-18-14-7-6-13(21)9-15(14)22-19(24-18)17(27)11-2-4-12(20)5-3-11/h2-9,17,27H,1H3,(H2,22,23,24,25,26). The maximum absolute atomic E-state index is 13.7. The van der Waals surface area contributed by atoms with Crippen molar-refractivity contribution >= 4 is 22.5 Å². The van der Waals surface area contributed by atoms with Gasteiger partial charge in [-0.3, -0.25) is 5.10 Å². The molecule has 0 spiro atoms. The van der Waals surface area contributed by atoms with Gasteiger partial charge in [0.1, 0.15) is 23.6 Å². The van der Waals surface area contributed by atoms with Crippen LogP contribution in [0.1, 0.15) is 23.2 Å². The lowest BCUT2D eigenvalue weighted by atomic mass is 10.1. The highest BCUT2D eigenvalue weighted by molar-refractivity contribution is 5.90. The molecule has 136 valence electrons. The number of rotatable bonds is 4. The van der Waals surface area contributed by atoms with E-state index in [2.05, 4.69) is 25.5 Å². The minimum Gasteiger partial charge on any atom is -0.380 e. The molecular weight excluding hydrogens is 352 g/mol. The highest BCUT2D eigenvalue weighted by Crippen LogP contribution is 2.28. The molecule has 0 saturated carbocycles. The van der Waals surface area contributed by atoms with E-state index in [0.29, 0.717) is 28.1 Å². The van der Waals surface area contributed by atoms with Gasteiger partial charge in [-0.2, -0.15) is 5.10 Å². The van der Waals surface area contributed by atoms with E-state index < -0.39 is 17.7 Å². The number of fused-ring (bicyclic) bond motifs is 1. The number of hydrogen-bond acceptors (Lipinski definition) is 5. The molecule has 2 heterocycles.